The Bertz CT molecular complexity index is 253. The SMILES string of the molecule is CC(Br)C(C)Cc1ccc(F)cc1. The molecule has 0 aromatic heterocycles. The number of halogens is 2. The third-order valence-corrected chi connectivity index (χ3v) is 3.16. The summed E-state index contributed by atoms with van der Waals surface area (Å²) in [6, 6.07) is 6.73. The minimum atomic E-state index is -0.164. The Kier molecular flexibility index (Phi) is 3.91. The van der Waals surface area contributed by atoms with Gasteiger partial charge >= 0.3 is 0 Å². The van der Waals surface area contributed by atoms with E-state index in [9.17, 15) is 4.39 Å². The standard InChI is InChI=1S/C11H14BrF/c1-8(9(2)12)7-10-3-5-11(13)6-4-10/h3-6,8-9H,7H2,1-2H3. The minimum absolute atomic E-state index is 0.164. The van der Waals surface area contributed by atoms with E-state index in [0.29, 0.717) is 10.7 Å². The Balaban J connectivity index is 2.59. The molecule has 1 rings (SSSR count). The number of hydrogen-bond acceptors (Lipinski definition) is 0. The smallest absolute Gasteiger partial charge is 0.123 e. The molecule has 72 valence electrons. The van der Waals surface area contributed by atoms with Gasteiger partial charge in [-0.2, -0.15) is 0 Å². The topological polar surface area (TPSA) is 0 Å². The molecule has 0 aliphatic heterocycles. The normalized spacial score (nSPS) is 15.4. The van der Waals surface area contributed by atoms with E-state index in [1.807, 2.05) is 12.1 Å². The molecule has 0 fully saturated rings. The highest BCUT2D eigenvalue weighted by atomic mass is 79.9. The molecule has 0 aliphatic rings. The van der Waals surface area contributed by atoms with Crippen molar-refractivity contribution in [1.29, 1.82) is 0 Å². The Morgan fingerprint density at radius 1 is 1.23 bits per heavy atom. The van der Waals surface area contributed by atoms with Crippen LogP contribution in [0, 0.1) is 11.7 Å². The molecule has 0 aliphatic carbocycles. The molecule has 0 N–H and O–H groups in total. The minimum Gasteiger partial charge on any atom is -0.207 e. The van der Waals surface area contributed by atoms with E-state index in [4.69, 9.17) is 0 Å². The van der Waals surface area contributed by atoms with Gasteiger partial charge < -0.3 is 0 Å². The molecule has 0 saturated carbocycles. The Labute approximate surface area is 87.3 Å². The average molecular weight is 245 g/mol. The fourth-order valence-electron chi connectivity index (χ4n) is 1.15. The van der Waals surface area contributed by atoms with Crippen LogP contribution in [0.4, 0.5) is 4.39 Å². The van der Waals surface area contributed by atoms with Gasteiger partial charge in [-0.25, -0.2) is 4.39 Å². The molecular weight excluding hydrogens is 231 g/mol. The largest absolute Gasteiger partial charge is 0.207 e. The molecule has 1 aromatic rings. The van der Waals surface area contributed by atoms with Crippen LogP contribution in [0.15, 0.2) is 24.3 Å². The van der Waals surface area contributed by atoms with Crippen LogP contribution in [0.5, 0.6) is 0 Å². The molecule has 2 atom stereocenters. The average Bonchev–Trinajstić information content (AvgIpc) is 2.08. The fraction of sp³-hybridized carbons (Fsp3) is 0.455. The summed E-state index contributed by atoms with van der Waals surface area (Å²) in [7, 11) is 0. The molecule has 0 nitrogen and oxygen atoms in total. The van der Waals surface area contributed by atoms with Crippen LogP contribution in [0.25, 0.3) is 0 Å². The third kappa shape index (κ3) is 3.47. The van der Waals surface area contributed by atoms with Crippen molar-refractivity contribution < 1.29 is 4.39 Å². The second-order valence-electron chi connectivity index (χ2n) is 3.49. The molecular formula is C11H14BrF. The summed E-state index contributed by atoms with van der Waals surface area (Å²) in [4.78, 5) is 0.498. The van der Waals surface area contributed by atoms with E-state index in [-0.39, 0.29) is 5.82 Å². The lowest BCUT2D eigenvalue weighted by Gasteiger charge is -2.13. The molecule has 1 aromatic carbocycles. The van der Waals surface area contributed by atoms with E-state index in [0.717, 1.165) is 6.42 Å². The van der Waals surface area contributed by atoms with Crippen LogP contribution >= 0.6 is 15.9 Å². The van der Waals surface area contributed by atoms with Gasteiger partial charge in [-0.3, -0.25) is 0 Å². The monoisotopic (exact) mass is 244 g/mol. The predicted octanol–water partition coefficient (Wildman–Crippen LogP) is 3.79. The van der Waals surface area contributed by atoms with E-state index < -0.39 is 0 Å². The van der Waals surface area contributed by atoms with Crippen LogP contribution in [-0.2, 0) is 6.42 Å². The van der Waals surface area contributed by atoms with Gasteiger partial charge in [-0.05, 0) is 30.0 Å². The summed E-state index contributed by atoms with van der Waals surface area (Å²) < 4.78 is 12.6. The summed E-state index contributed by atoms with van der Waals surface area (Å²) in [5.74, 6) is 0.411. The molecule has 2 heteroatoms. The second-order valence-corrected chi connectivity index (χ2v) is 4.93. The predicted molar refractivity (Wildman–Crippen MR) is 57.7 cm³/mol. The zero-order valence-electron chi connectivity index (χ0n) is 7.93. The molecule has 2 unspecified atom stereocenters. The molecule has 0 amide bonds. The maximum atomic E-state index is 12.6. The highest BCUT2D eigenvalue weighted by Gasteiger charge is 2.08. The van der Waals surface area contributed by atoms with Gasteiger partial charge in [0, 0.05) is 4.83 Å². The van der Waals surface area contributed by atoms with Crippen molar-refractivity contribution in [2.75, 3.05) is 0 Å². The van der Waals surface area contributed by atoms with Crippen molar-refractivity contribution in [3.8, 4) is 0 Å². The molecule has 0 spiro atoms. The van der Waals surface area contributed by atoms with Gasteiger partial charge in [0.25, 0.3) is 0 Å². The molecule has 0 heterocycles. The molecule has 0 radical (unpaired) electrons. The summed E-state index contributed by atoms with van der Waals surface area (Å²) in [5.41, 5.74) is 1.19. The Hall–Kier alpha value is -0.370. The van der Waals surface area contributed by atoms with E-state index in [1.165, 1.54) is 17.7 Å². The lowest BCUT2D eigenvalue weighted by atomic mass is 9.99. The number of benzene rings is 1. The van der Waals surface area contributed by atoms with E-state index in [2.05, 4.69) is 29.8 Å². The third-order valence-electron chi connectivity index (χ3n) is 2.26. The zero-order chi connectivity index (χ0) is 9.84. The van der Waals surface area contributed by atoms with E-state index in [1.54, 1.807) is 0 Å². The van der Waals surface area contributed by atoms with Crippen molar-refractivity contribution in [1.82, 2.24) is 0 Å². The van der Waals surface area contributed by atoms with Gasteiger partial charge in [-0.1, -0.05) is 41.9 Å². The zero-order valence-corrected chi connectivity index (χ0v) is 9.51. The number of rotatable bonds is 3. The number of hydrogen-bond donors (Lipinski definition) is 0. The first-order valence-corrected chi connectivity index (χ1v) is 5.39. The Morgan fingerprint density at radius 3 is 2.23 bits per heavy atom. The maximum Gasteiger partial charge on any atom is 0.123 e. The molecule has 13 heavy (non-hydrogen) atoms. The van der Waals surface area contributed by atoms with Gasteiger partial charge in [0.1, 0.15) is 5.82 Å². The highest BCUT2D eigenvalue weighted by molar-refractivity contribution is 9.09. The van der Waals surface area contributed by atoms with Crippen molar-refractivity contribution in [3.05, 3.63) is 35.6 Å². The summed E-state index contributed by atoms with van der Waals surface area (Å²) in [5, 5.41) is 0. The maximum absolute atomic E-state index is 12.6. The fourth-order valence-corrected chi connectivity index (χ4v) is 1.34. The summed E-state index contributed by atoms with van der Waals surface area (Å²) in [6.45, 7) is 4.32. The lowest BCUT2D eigenvalue weighted by molar-refractivity contribution is 0.578. The molecule has 0 bridgehead atoms. The van der Waals surface area contributed by atoms with E-state index >= 15 is 0 Å². The van der Waals surface area contributed by atoms with Gasteiger partial charge in [0.15, 0.2) is 0 Å². The van der Waals surface area contributed by atoms with Gasteiger partial charge in [0.05, 0.1) is 0 Å². The second kappa shape index (κ2) is 4.75. The first-order valence-electron chi connectivity index (χ1n) is 4.48. The van der Waals surface area contributed by atoms with Gasteiger partial charge in [-0.15, -0.1) is 0 Å². The van der Waals surface area contributed by atoms with Crippen molar-refractivity contribution in [2.24, 2.45) is 5.92 Å². The van der Waals surface area contributed by atoms with Crippen molar-refractivity contribution in [3.63, 3.8) is 0 Å². The van der Waals surface area contributed by atoms with Crippen molar-refractivity contribution in [2.45, 2.75) is 25.1 Å². The lowest BCUT2D eigenvalue weighted by Crippen LogP contribution is -2.09. The van der Waals surface area contributed by atoms with Crippen LogP contribution < -0.4 is 0 Å². The number of alkyl halides is 1. The van der Waals surface area contributed by atoms with Crippen LogP contribution in [0.1, 0.15) is 19.4 Å². The van der Waals surface area contributed by atoms with Crippen LogP contribution in [0.2, 0.25) is 0 Å². The summed E-state index contributed by atoms with van der Waals surface area (Å²) in [6.07, 6.45) is 0.993. The van der Waals surface area contributed by atoms with Crippen LogP contribution in [-0.4, -0.2) is 4.83 Å². The molecule has 0 saturated heterocycles. The van der Waals surface area contributed by atoms with Crippen molar-refractivity contribution >= 4 is 15.9 Å². The highest BCUT2D eigenvalue weighted by Crippen LogP contribution is 2.17. The quantitative estimate of drug-likeness (QED) is 0.711. The Morgan fingerprint density at radius 2 is 1.77 bits per heavy atom. The first kappa shape index (κ1) is 10.7. The van der Waals surface area contributed by atoms with Gasteiger partial charge in [0.2, 0.25) is 0 Å². The van der Waals surface area contributed by atoms with Crippen LogP contribution in [0.3, 0.4) is 0 Å². The first-order chi connectivity index (χ1) is 6.09. The summed E-state index contributed by atoms with van der Waals surface area (Å²) >= 11 is 3.54.